The Kier molecular flexibility index (Phi) is 6.34. The molecule has 0 saturated heterocycles. The van der Waals surface area contributed by atoms with Crippen LogP contribution in [0.5, 0.6) is 0 Å². The van der Waals surface area contributed by atoms with Crippen LogP contribution in [0.1, 0.15) is 6.92 Å². The molecule has 0 aliphatic heterocycles. The number of hydrogen-bond donors (Lipinski definition) is 2. The van der Waals surface area contributed by atoms with Crippen molar-refractivity contribution in [2.24, 2.45) is 5.73 Å². The van der Waals surface area contributed by atoms with E-state index in [9.17, 15) is 9.59 Å². The number of carboxylic acid groups (broad SMARTS) is 1. The van der Waals surface area contributed by atoms with Gasteiger partial charge in [0, 0.05) is 5.75 Å². The minimum absolute atomic E-state index is 0.0485. The summed E-state index contributed by atoms with van der Waals surface area (Å²) < 4.78 is 4.64. The lowest BCUT2D eigenvalue weighted by molar-refractivity contribution is -0.144. The summed E-state index contributed by atoms with van der Waals surface area (Å²) >= 11 is 1.10. The number of nitrogens with two attached hydrogens (primary N) is 1. The Labute approximate surface area is 80.6 Å². The van der Waals surface area contributed by atoms with E-state index in [1.165, 1.54) is 0 Å². The van der Waals surface area contributed by atoms with Crippen LogP contribution in [0.3, 0.4) is 0 Å². The highest BCUT2D eigenvalue weighted by molar-refractivity contribution is 8.00. The third-order valence-corrected chi connectivity index (χ3v) is 2.16. The van der Waals surface area contributed by atoms with E-state index in [1.54, 1.807) is 6.92 Å². The highest BCUT2D eigenvalue weighted by Crippen LogP contribution is 2.02. The van der Waals surface area contributed by atoms with Crippen molar-refractivity contribution >= 4 is 23.7 Å². The van der Waals surface area contributed by atoms with E-state index in [0.29, 0.717) is 0 Å². The fraction of sp³-hybridized carbons (Fsp3) is 0.714. The Hall–Kier alpha value is -0.750. The molecule has 13 heavy (non-hydrogen) atoms. The smallest absolute Gasteiger partial charge is 0.323 e. The van der Waals surface area contributed by atoms with Crippen LogP contribution in [0.4, 0.5) is 0 Å². The van der Waals surface area contributed by atoms with Gasteiger partial charge in [-0.05, 0) is 6.92 Å². The largest absolute Gasteiger partial charge is 0.481 e. The molecule has 76 valence electrons. The second-order valence-electron chi connectivity index (χ2n) is 2.27. The van der Waals surface area contributed by atoms with Gasteiger partial charge in [0.25, 0.3) is 0 Å². The van der Waals surface area contributed by atoms with Crippen LogP contribution in [0, 0.1) is 0 Å². The maximum Gasteiger partial charge on any atom is 0.323 e. The minimum Gasteiger partial charge on any atom is -0.481 e. The monoisotopic (exact) mass is 207 g/mol. The molecule has 0 aromatic carbocycles. The van der Waals surface area contributed by atoms with Crippen LogP contribution < -0.4 is 5.73 Å². The zero-order valence-corrected chi connectivity index (χ0v) is 8.17. The van der Waals surface area contributed by atoms with E-state index in [4.69, 9.17) is 10.8 Å². The van der Waals surface area contributed by atoms with Crippen LogP contribution in [0.2, 0.25) is 0 Å². The molecular weight excluding hydrogens is 194 g/mol. The Balaban J connectivity index is 3.55. The molecule has 0 heterocycles. The number of carboxylic acids is 1. The molecular formula is C7H13NO4S. The molecule has 0 spiro atoms. The lowest BCUT2D eigenvalue weighted by atomic mass is 10.4. The molecule has 0 saturated carbocycles. The molecule has 5 nitrogen and oxygen atoms in total. The Bertz CT molecular complexity index is 185. The zero-order chi connectivity index (χ0) is 10.3. The van der Waals surface area contributed by atoms with Crippen molar-refractivity contribution < 1.29 is 19.4 Å². The van der Waals surface area contributed by atoms with Crippen LogP contribution in [-0.2, 0) is 14.3 Å². The Morgan fingerprint density at radius 3 is 2.69 bits per heavy atom. The van der Waals surface area contributed by atoms with E-state index in [2.05, 4.69) is 4.74 Å². The third kappa shape index (κ3) is 6.41. The molecule has 0 aliphatic rings. The lowest BCUT2D eigenvalue weighted by Gasteiger charge is -2.08. The molecule has 0 aromatic rings. The third-order valence-electron chi connectivity index (χ3n) is 1.11. The first-order chi connectivity index (χ1) is 6.07. The van der Waals surface area contributed by atoms with E-state index in [-0.39, 0.29) is 18.1 Å². The molecule has 0 aliphatic carbocycles. The van der Waals surface area contributed by atoms with Crippen molar-refractivity contribution in [1.29, 1.82) is 0 Å². The van der Waals surface area contributed by atoms with Gasteiger partial charge in [0.1, 0.15) is 6.04 Å². The molecule has 0 amide bonds. The first-order valence-corrected chi connectivity index (χ1v) is 4.95. The minimum atomic E-state index is -0.916. The number of thioether (sulfide) groups is 1. The first kappa shape index (κ1) is 12.2. The number of rotatable bonds is 6. The first-order valence-electron chi connectivity index (χ1n) is 3.79. The predicted octanol–water partition coefficient (Wildman–Crippen LogP) is -0.305. The summed E-state index contributed by atoms with van der Waals surface area (Å²) in [6, 6.07) is -0.732. The predicted molar refractivity (Wildman–Crippen MR) is 49.6 cm³/mol. The maximum absolute atomic E-state index is 10.9. The second kappa shape index (κ2) is 6.73. The van der Waals surface area contributed by atoms with Crippen molar-refractivity contribution in [1.82, 2.24) is 0 Å². The highest BCUT2D eigenvalue weighted by atomic mass is 32.2. The summed E-state index contributed by atoms with van der Waals surface area (Å²) in [4.78, 5) is 21.0. The van der Waals surface area contributed by atoms with Gasteiger partial charge >= 0.3 is 11.9 Å². The summed E-state index contributed by atoms with van der Waals surface area (Å²) in [6.45, 7) is 1.98. The van der Waals surface area contributed by atoms with Crippen molar-refractivity contribution in [3.05, 3.63) is 0 Å². The van der Waals surface area contributed by atoms with Crippen molar-refractivity contribution in [2.75, 3.05) is 18.1 Å². The molecule has 0 fully saturated rings. The van der Waals surface area contributed by atoms with E-state index >= 15 is 0 Å². The van der Waals surface area contributed by atoms with Gasteiger partial charge in [0.2, 0.25) is 0 Å². The quantitative estimate of drug-likeness (QED) is 0.581. The van der Waals surface area contributed by atoms with Gasteiger partial charge in [-0.15, -0.1) is 11.8 Å². The van der Waals surface area contributed by atoms with Gasteiger partial charge in [-0.1, -0.05) is 0 Å². The Morgan fingerprint density at radius 2 is 2.23 bits per heavy atom. The summed E-state index contributed by atoms with van der Waals surface area (Å²) in [6.07, 6.45) is 0. The molecule has 0 radical (unpaired) electrons. The summed E-state index contributed by atoms with van der Waals surface area (Å²) in [5.74, 6) is -1.18. The fourth-order valence-corrected chi connectivity index (χ4v) is 1.27. The van der Waals surface area contributed by atoms with Gasteiger partial charge in [0.05, 0.1) is 12.4 Å². The van der Waals surface area contributed by atoms with Gasteiger partial charge in [-0.3, -0.25) is 9.59 Å². The van der Waals surface area contributed by atoms with Crippen LogP contribution in [-0.4, -0.2) is 41.2 Å². The van der Waals surface area contributed by atoms with Crippen LogP contribution >= 0.6 is 11.8 Å². The standard InChI is InChI=1S/C7H13NO4S/c1-2-12-7(11)5(8)3-13-4-6(9)10/h5H,2-4,8H2,1H3,(H,9,10)/t5-/m0/s1. The van der Waals surface area contributed by atoms with Gasteiger partial charge < -0.3 is 15.6 Å². The molecule has 0 rings (SSSR count). The zero-order valence-electron chi connectivity index (χ0n) is 7.36. The van der Waals surface area contributed by atoms with Gasteiger partial charge in [0.15, 0.2) is 0 Å². The summed E-state index contributed by atoms with van der Waals surface area (Å²) in [5, 5.41) is 8.29. The second-order valence-corrected chi connectivity index (χ2v) is 3.30. The van der Waals surface area contributed by atoms with Crippen LogP contribution in [0.15, 0.2) is 0 Å². The molecule has 0 bridgehead atoms. The van der Waals surface area contributed by atoms with Crippen molar-refractivity contribution in [2.45, 2.75) is 13.0 Å². The van der Waals surface area contributed by atoms with E-state index < -0.39 is 18.0 Å². The van der Waals surface area contributed by atoms with Crippen molar-refractivity contribution in [3.8, 4) is 0 Å². The number of carbonyl (C=O) groups is 2. The summed E-state index contributed by atoms with van der Waals surface area (Å²) in [5.41, 5.74) is 5.40. The maximum atomic E-state index is 10.9. The molecule has 0 unspecified atom stereocenters. The number of hydrogen-bond acceptors (Lipinski definition) is 5. The SMILES string of the molecule is CCOC(=O)[C@@H](N)CSCC(=O)O. The Morgan fingerprint density at radius 1 is 1.62 bits per heavy atom. The summed E-state index contributed by atoms with van der Waals surface area (Å²) in [7, 11) is 0. The number of carbonyl (C=O) groups excluding carboxylic acids is 1. The average molecular weight is 207 g/mol. The molecule has 6 heteroatoms. The normalized spacial score (nSPS) is 12.2. The average Bonchev–Trinajstić information content (AvgIpc) is 2.04. The van der Waals surface area contributed by atoms with Crippen LogP contribution in [0.25, 0.3) is 0 Å². The molecule has 3 N–H and O–H groups in total. The number of ether oxygens (including phenoxy) is 1. The van der Waals surface area contributed by atoms with Gasteiger partial charge in [-0.25, -0.2) is 0 Å². The van der Waals surface area contributed by atoms with Crippen molar-refractivity contribution in [3.63, 3.8) is 0 Å². The number of aliphatic carboxylic acids is 1. The lowest BCUT2D eigenvalue weighted by Crippen LogP contribution is -2.34. The fourth-order valence-electron chi connectivity index (χ4n) is 0.591. The van der Waals surface area contributed by atoms with E-state index in [0.717, 1.165) is 11.8 Å². The van der Waals surface area contributed by atoms with Gasteiger partial charge in [-0.2, -0.15) is 0 Å². The topological polar surface area (TPSA) is 89.6 Å². The molecule has 1 atom stereocenters. The highest BCUT2D eigenvalue weighted by Gasteiger charge is 2.14. The molecule has 0 aromatic heterocycles. The number of esters is 1. The van der Waals surface area contributed by atoms with E-state index in [1.807, 2.05) is 0 Å².